The van der Waals surface area contributed by atoms with Gasteiger partial charge in [0.2, 0.25) is 11.8 Å². The lowest BCUT2D eigenvalue weighted by atomic mass is 10.0. The van der Waals surface area contributed by atoms with Crippen molar-refractivity contribution < 1.29 is 4.42 Å². The number of aromatic nitrogens is 2. The summed E-state index contributed by atoms with van der Waals surface area (Å²) in [5.41, 5.74) is 5.44. The van der Waals surface area contributed by atoms with Gasteiger partial charge in [0.15, 0.2) is 0 Å². The maximum atomic E-state index is 5.59. The van der Waals surface area contributed by atoms with Crippen LogP contribution in [0.15, 0.2) is 4.42 Å². The number of nitrogens with zero attached hydrogens (tertiary/aromatic N) is 3. The molecule has 1 aliphatic heterocycles. The molecule has 2 rings (SSSR count). The van der Waals surface area contributed by atoms with E-state index in [2.05, 4.69) is 22.1 Å². The fourth-order valence-electron chi connectivity index (χ4n) is 2.01. The summed E-state index contributed by atoms with van der Waals surface area (Å²) in [5, 5.41) is 8.09. The van der Waals surface area contributed by atoms with Crippen LogP contribution in [0, 0.1) is 0 Å². The normalized spacial score (nSPS) is 20.5. The van der Waals surface area contributed by atoms with Gasteiger partial charge in [0, 0.05) is 13.0 Å². The molecule has 1 unspecified atom stereocenters. The van der Waals surface area contributed by atoms with Crippen LogP contribution in [0.2, 0.25) is 0 Å². The van der Waals surface area contributed by atoms with Gasteiger partial charge in [-0.15, -0.1) is 35.0 Å². The van der Waals surface area contributed by atoms with Gasteiger partial charge in [-0.3, -0.25) is 4.90 Å². The number of likely N-dealkylation sites (tertiary alicyclic amines) is 1. The molecule has 1 atom stereocenters. The van der Waals surface area contributed by atoms with Crippen LogP contribution in [-0.4, -0.2) is 35.2 Å². The van der Waals surface area contributed by atoms with E-state index >= 15 is 0 Å². The van der Waals surface area contributed by atoms with Crippen LogP contribution in [0.3, 0.4) is 0 Å². The molecule has 1 aliphatic rings. The summed E-state index contributed by atoms with van der Waals surface area (Å²) in [7, 11) is 2.11. The van der Waals surface area contributed by atoms with Gasteiger partial charge in [-0.05, 0) is 26.4 Å². The molecule has 100 valence electrons. The Balaban J connectivity index is 0.00000128. The van der Waals surface area contributed by atoms with Crippen molar-refractivity contribution in [2.45, 2.75) is 31.7 Å². The topological polar surface area (TPSA) is 68.2 Å². The van der Waals surface area contributed by atoms with E-state index in [1.807, 2.05) is 0 Å². The van der Waals surface area contributed by atoms with E-state index in [-0.39, 0.29) is 24.8 Å². The summed E-state index contributed by atoms with van der Waals surface area (Å²) in [4.78, 5) is 2.28. The molecule has 1 fully saturated rings. The lowest BCUT2D eigenvalue weighted by Gasteiger charge is -2.29. The van der Waals surface area contributed by atoms with E-state index < -0.39 is 0 Å². The monoisotopic (exact) mass is 282 g/mol. The number of rotatable bonds is 3. The molecule has 0 amide bonds. The Hall–Kier alpha value is -0.360. The molecule has 0 aromatic carbocycles. The highest BCUT2D eigenvalue weighted by atomic mass is 35.5. The second-order valence-corrected chi connectivity index (χ2v) is 4.06. The number of halogens is 2. The highest BCUT2D eigenvalue weighted by Gasteiger charge is 2.25. The summed E-state index contributed by atoms with van der Waals surface area (Å²) >= 11 is 0. The first kappa shape index (κ1) is 16.6. The summed E-state index contributed by atoms with van der Waals surface area (Å²) in [6.45, 7) is 1.67. The fourth-order valence-corrected chi connectivity index (χ4v) is 2.01. The lowest BCUT2D eigenvalue weighted by Crippen LogP contribution is -2.29. The van der Waals surface area contributed by atoms with Crippen molar-refractivity contribution in [3.05, 3.63) is 11.8 Å². The van der Waals surface area contributed by atoms with E-state index in [0.717, 1.165) is 18.9 Å². The van der Waals surface area contributed by atoms with Gasteiger partial charge >= 0.3 is 0 Å². The Kier molecular flexibility index (Phi) is 7.70. The van der Waals surface area contributed by atoms with E-state index in [1.54, 1.807) is 0 Å². The zero-order valence-electron chi connectivity index (χ0n) is 9.96. The fraction of sp³-hybridized carbons (Fsp3) is 0.800. The van der Waals surface area contributed by atoms with E-state index in [0.29, 0.717) is 24.9 Å². The molecule has 0 radical (unpaired) electrons. The van der Waals surface area contributed by atoms with E-state index in [4.69, 9.17) is 10.2 Å². The molecular formula is C10H20Cl2N4O. The maximum Gasteiger partial charge on any atom is 0.233 e. The Morgan fingerprint density at radius 1 is 1.35 bits per heavy atom. The minimum Gasteiger partial charge on any atom is -0.424 e. The van der Waals surface area contributed by atoms with Crippen molar-refractivity contribution in [2.24, 2.45) is 5.73 Å². The first-order chi connectivity index (χ1) is 7.31. The number of piperidine rings is 1. The van der Waals surface area contributed by atoms with Crippen LogP contribution in [0.25, 0.3) is 0 Å². The van der Waals surface area contributed by atoms with Crippen molar-refractivity contribution in [3.8, 4) is 0 Å². The second-order valence-electron chi connectivity index (χ2n) is 4.06. The highest BCUT2D eigenvalue weighted by molar-refractivity contribution is 5.85. The minimum atomic E-state index is 0. The molecule has 0 bridgehead atoms. The van der Waals surface area contributed by atoms with Gasteiger partial charge in [0.1, 0.15) is 0 Å². The molecular weight excluding hydrogens is 263 g/mol. The molecule has 1 aromatic heterocycles. The number of hydrogen-bond acceptors (Lipinski definition) is 5. The molecule has 5 nitrogen and oxygen atoms in total. The third-order valence-electron chi connectivity index (χ3n) is 2.90. The van der Waals surface area contributed by atoms with Crippen LogP contribution in [-0.2, 0) is 6.42 Å². The first-order valence-electron chi connectivity index (χ1n) is 5.54. The molecule has 17 heavy (non-hydrogen) atoms. The molecule has 2 N–H and O–H groups in total. The van der Waals surface area contributed by atoms with E-state index in [1.165, 1.54) is 12.8 Å². The zero-order chi connectivity index (χ0) is 10.7. The molecule has 1 aromatic rings. The van der Waals surface area contributed by atoms with Crippen LogP contribution in [0.5, 0.6) is 0 Å². The Morgan fingerprint density at radius 3 is 2.76 bits per heavy atom. The zero-order valence-corrected chi connectivity index (χ0v) is 11.6. The smallest absolute Gasteiger partial charge is 0.233 e. The molecule has 7 heteroatoms. The average molecular weight is 283 g/mol. The van der Waals surface area contributed by atoms with Crippen LogP contribution in [0.1, 0.15) is 37.1 Å². The SMILES string of the molecule is CN1CCCCC1c1nnc(CCN)o1.Cl.Cl. The quantitative estimate of drug-likeness (QED) is 0.912. The van der Waals surface area contributed by atoms with Gasteiger partial charge in [-0.25, -0.2) is 0 Å². The molecule has 1 saturated heterocycles. The minimum absolute atomic E-state index is 0. The van der Waals surface area contributed by atoms with E-state index in [9.17, 15) is 0 Å². The summed E-state index contributed by atoms with van der Waals surface area (Å²) in [6, 6.07) is 0.303. The van der Waals surface area contributed by atoms with Crippen LogP contribution < -0.4 is 5.73 Å². The van der Waals surface area contributed by atoms with Gasteiger partial charge < -0.3 is 10.2 Å². The predicted octanol–water partition coefficient (Wildman–Crippen LogP) is 1.57. The van der Waals surface area contributed by atoms with Crippen LogP contribution >= 0.6 is 24.8 Å². The Labute approximate surface area is 114 Å². The van der Waals surface area contributed by atoms with Gasteiger partial charge in [0.05, 0.1) is 6.04 Å². The van der Waals surface area contributed by atoms with Crippen molar-refractivity contribution in [1.82, 2.24) is 15.1 Å². The highest BCUT2D eigenvalue weighted by Crippen LogP contribution is 2.28. The summed E-state index contributed by atoms with van der Waals surface area (Å²) in [6.07, 6.45) is 4.28. The molecule has 0 aliphatic carbocycles. The Morgan fingerprint density at radius 2 is 2.12 bits per heavy atom. The lowest BCUT2D eigenvalue weighted by molar-refractivity contribution is 0.157. The second kappa shape index (κ2) is 7.87. The van der Waals surface area contributed by atoms with Crippen molar-refractivity contribution >= 4 is 24.8 Å². The maximum absolute atomic E-state index is 5.59. The molecule has 0 spiro atoms. The third kappa shape index (κ3) is 4.10. The molecule has 0 saturated carbocycles. The third-order valence-corrected chi connectivity index (χ3v) is 2.90. The largest absolute Gasteiger partial charge is 0.424 e. The van der Waals surface area contributed by atoms with Crippen molar-refractivity contribution in [2.75, 3.05) is 20.1 Å². The van der Waals surface area contributed by atoms with Crippen molar-refractivity contribution in [1.29, 1.82) is 0 Å². The van der Waals surface area contributed by atoms with Gasteiger partial charge in [0.25, 0.3) is 0 Å². The number of nitrogens with two attached hydrogens (primary N) is 1. The summed E-state index contributed by atoms with van der Waals surface area (Å²) in [5.74, 6) is 1.41. The summed E-state index contributed by atoms with van der Waals surface area (Å²) < 4.78 is 5.59. The molecule has 2 heterocycles. The van der Waals surface area contributed by atoms with Gasteiger partial charge in [-0.2, -0.15) is 0 Å². The average Bonchev–Trinajstić information content (AvgIpc) is 2.68. The Bertz CT molecular complexity index is 321. The van der Waals surface area contributed by atoms with Crippen molar-refractivity contribution in [3.63, 3.8) is 0 Å². The predicted molar refractivity (Wildman–Crippen MR) is 70.8 cm³/mol. The van der Waals surface area contributed by atoms with Crippen LogP contribution in [0.4, 0.5) is 0 Å². The standard InChI is InChI=1S/C10H18N4O.2ClH/c1-14-7-3-2-4-8(14)10-13-12-9(15-10)5-6-11;;/h8H,2-7,11H2,1H3;2*1H. The first-order valence-corrected chi connectivity index (χ1v) is 5.54. The van der Waals surface area contributed by atoms with Gasteiger partial charge in [-0.1, -0.05) is 6.42 Å². The number of hydrogen-bond donors (Lipinski definition) is 1.